The Morgan fingerprint density at radius 2 is 1.64 bits per heavy atom. The molecule has 7 nitrogen and oxygen atoms in total. The van der Waals surface area contributed by atoms with Gasteiger partial charge in [0.05, 0.1) is 19.7 Å². The van der Waals surface area contributed by atoms with Crippen molar-refractivity contribution in [2.75, 3.05) is 69.8 Å². The molecule has 0 bridgehead atoms. The summed E-state index contributed by atoms with van der Waals surface area (Å²) in [6, 6.07) is 12.1. The molecule has 2 fully saturated rings. The molecule has 33 heavy (non-hydrogen) atoms. The first kappa shape index (κ1) is 22.0. The third-order valence-corrected chi connectivity index (χ3v) is 7.04. The van der Waals surface area contributed by atoms with Crippen LogP contribution >= 0.6 is 11.6 Å². The molecule has 0 saturated carbocycles. The van der Waals surface area contributed by atoms with Crippen LogP contribution in [-0.4, -0.2) is 74.9 Å². The quantitative estimate of drug-likeness (QED) is 0.544. The van der Waals surface area contributed by atoms with Crippen molar-refractivity contribution in [2.24, 2.45) is 5.92 Å². The van der Waals surface area contributed by atoms with Gasteiger partial charge in [-0.3, -0.25) is 4.90 Å². The Kier molecular flexibility index (Phi) is 6.42. The first-order valence-corrected chi connectivity index (χ1v) is 11.9. The van der Waals surface area contributed by atoms with E-state index >= 15 is 0 Å². The topological polar surface area (TPSA) is 54.0 Å². The van der Waals surface area contributed by atoms with Crippen molar-refractivity contribution >= 4 is 34.0 Å². The van der Waals surface area contributed by atoms with E-state index in [0.29, 0.717) is 17.4 Å². The van der Waals surface area contributed by atoms with Gasteiger partial charge in [-0.05, 0) is 42.7 Å². The van der Waals surface area contributed by atoms with Crippen LogP contribution in [0.4, 0.5) is 11.5 Å². The standard InChI is InChI=1S/C25H30ClN5O2/c1-32-23-13-21-22(14-24(23)33-2)27-17-28-25(21)31-8-7-18(16-31)15-29-9-11-30(12-10-29)20-5-3-19(26)4-6-20/h3-6,13-14,17-18H,7-12,15-16H2,1-2H3. The van der Waals surface area contributed by atoms with E-state index in [0.717, 1.165) is 67.6 Å². The smallest absolute Gasteiger partial charge is 0.162 e. The van der Waals surface area contributed by atoms with E-state index in [1.165, 1.54) is 12.1 Å². The fourth-order valence-electron chi connectivity index (χ4n) is 5.00. The van der Waals surface area contributed by atoms with Gasteiger partial charge >= 0.3 is 0 Å². The lowest BCUT2D eigenvalue weighted by atomic mass is 10.1. The first-order chi connectivity index (χ1) is 16.1. The number of ether oxygens (including phenoxy) is 2. The molecular formula is C25H30ClN5O2. The number of fused-ring (bicyclic) bond motifs is 1. The van der Waals surface area contributed by atoms with Crippen molar-refractivity contribution in [2.45, 2.75) is 6.42 Å². The molecule has 1 aromatic heterocycles. The summed E-state index contributed by atoms with van der Waals surface area (Å²) in [6.45, 7) is 7.43. The minimum absolute atomic E-state index is 0.636. The molecular weight excluding hydrogens is 438 g/mol. The molecule has 0 N–H and O–H groups in total. The third-order valence-electron chi connectivity index (χ3n) is 6.79. The van der Waals surface area contributed by atoms with Crippen LogP contribution in [-0.2, 0) is 0 Å². The fourth-order valence-corrected chi connectivity index (χ4v) is 5.13. The highest BCUT2D eigenvalue weighted by Gasteiger charge is 2.28. The lowest BCUT2D eigenvalue weighted by Gasteiger charge is -2.37. The summed E-state index contributed by atoms with van der Waals surface area (Å²) in [7, 11) is 3.30. The number of rotatable bonds is 6. The first-order valence-electron chi connectivity index (χ1n) is 11.5. The van der Waals surface area contributed by atoms with Crippen LogP contribution in [0.15, 0.2) is 42.7 Å². The normalized spacial score (nSPS) is 19.3. The molecule has 8 heteroatoms. The van der Waals surface area contributed by atoms with E-state index in [1.807, 2.05) is 24.3 Å². The largest absolute Gasteiger partial charge is 0.493 e. The van der Waals surface area contributed by atoms with Crippen molar-refractivity contribution in [1.82, 2.24) is 14.9 Å². The Morgan fingerprint density at radius 1 is 0.909 bits per heavy atom. The second kappa shape index (κ2) is 9.61. The number of nitrogens with zero attached hydrogens (tertiary/aromatic N) is 5. The van der Waals surface area contributed by atoms with Gasteiger partial charge in [0.2, 0.25) is 0 Å². The number of benzene rings is 2. The predicted molar refractivity (Wildman–Crippen MR) is 133 cm³/mol. The minimum atomic E-state index is 0.636. The number of aromatic nitrogens is 2. The van der Waals surface area contributed by atoms with Crippen LogP contribution in [0.5, 0.6) is 11.5 Å². The molecule has 3 heterocycles. The average molecular weight is 468 g/mol. The molecule has 3 aromatic rings. The molecule has 0 aliphatic carbocycles. The molecule has 0 radical (unpaired) electrons. The number of halogens is 1. The number of piperazine rings is 1. The Hall–Kier alpha value is -2.77. The van der Waals surface area contributed by atoms with E-state index in [-0.39, 0.29) is 0 Å². The maximum atomic E-state index is 6.04. The maximum Gasteiger partial charge on any atom is 0.162 e. The molecule has 2 aromatic carbocycles. The van der Waals surface area contributed by atoms with Crippen molar-refractivity contribution < 1.29 is 9.47 Å². The molecule has 2 aliphatic rings. The van der Waals surface area contributed by atoms with Crippen molar-refractivity contribution in [1.29, 1.82) is 0 Å². The van der Waals surface area contributed by atoms with Crippen molar-refractivity contribution in [3.63, 3.8) is 0 Å². The lowest BCUT2D eigenvalue weighted by Crippen LogP contribution is -2.48. The van der Waals surface area contributed by atoms with Gasteiger partial charge in [0, 0.05) is 68.0 Å². The molecule has 174 valence electrons. The van der Waals surface area contributed by atoms with Gasteiger partial charge in [0.25, 0.3) is 0 Å². The van der Waals surface area contributed by atoms with Gasteiger partial charge in [0.1, 0.15) is 12.1 Å². The highest BCUT2D eigenvalue weighted by atomic mass is 35.5. The second-order valence-electron chi connectivity index (χ2n) is 8.79. The van der Waals surface area contributed by atoms with Crippen LogP contribution in [0.2, 0.25) is 5.02 Å². The van der Waals surface area contributed by atoms with Gasteiger partial charge in [0.15, 0.2) is 11.5 Å². The fraction of sp³-hybridized carbons (Fsp3) is 0.440. The van der Waals surface area contributed by atoms with Gasteiger partial charge < -0.3 is 19.3 Å². The summed E-state index contributed by atoms with van der Waals surface area (Å²) >= 11 is 6.04. The molecule has 0 spiro atoms. The molecule has 2 aliphatic heterocycles. The second-order valence-corrected chi connectivity index (χ2v) is 9.22. The SMILES string of the molecule is COc1cc2ncnc(N3CCC(CN4CCN(c5ccc(Cl)cc5)CC4)C3)c2cc1OC. The molecule has 1 atom stereocenters. The van der Waals surface area contributed by atoms with E-state index in [1.54, 1.807) is 20.5 Å². The van der Waals surface area contributed by atoms with Crippen LogP contribution in [0.1, 0.15) is 6.42 Å². The van der Waals surface area contributed by atoms with Crippen LogP contribution < -0.4 is 19.3 Å². The highest BCUT2D eigenvalue weighted by molar-refractivity contribution is 6.30. The Bertz CT molecular complexity index is 1100. The van der Waals surface area contributed by atoms with Crippen LogP contribution in [0.3, 0.4) is 0 Å². The zero-order chi connectivity index (χ0) is 22.8. The minimum Gasteiger partial charge on any atom is -0.493 e. The Labute approximate surface area is 199 Å². The van der Waals surface area contributed by atoms with Gasteiger partial charge in [-0.25, -0.2) is 9.97 Å². The average Bonchev–Trinajstić information content (AvgIpc) is 3.32. The van der Waals surface area contributed by atoms with E-state index < -0.39 is 0 Å². The highest BCUT2D eigenvalue weighted by Crippen LogP contribution is 2.36. The summed E-state index contributed by atoms with van der Waals surface area (Å²) in [5, 5.41) is 1.80. The summed E-state index contributed by atoms with van der Waals surface area (Å²) in [5.74, 6) is 3.01. The third kappa shape index (κ3) is 4.66. The van der Waals surface area contributed by atoms with Crippen LogP contribution in [0.25, 0.3) is 10.9 Å². The molecule has 0 amide bonds. The molecule has 5 rings (SSSR count). The Balaban J connectivity index is 1.22. The van der Waals surface area contributed by atoms with Crippen LogP contribution in [0, 0.1) is 5.92 Å². The van der Waals surface area contributed by atoms with E-state index in [2.05, 4.69) is 36.8 Å². The van der Waals surface area contributed by atoms with Gasteiger partial charge in [-0.1, -0.05) is 11.6 Å². The number of anilines is 2. The summed E-state index contributed by atoms with van der Waals surface area (Å²) < 4.78 is 11.0. The van der Waals surface area contributed by atoms with Gasteiger partial charge in [-0.15, -0.1) is 0 Å². The van der Waals surface area contributed by atoms with Gasteiger partial charge in [-0.2, -0.15) is 0 Å². The van der Waals surface area contributed by atoms with Crippen molar-refractivity contribution in [3.05, 3.63) is 47.7 Å². The Morgan fingerprint density at radius 3 is 2.36 bits per heavy atom. The van der Waals surface area contributed by atoms with E-state index in [4.69, 9.17) is 21.1 Å². The summed E-state index contributed by atoms with van der Waals surface area (Å²) in [6.07, 6.45) is 2.82. The maximum absolute atomic E-state index is 6.04. The molecule has 2 saturated heterocycles. The number of hydrogen-bond donors (Lipinski definition) is 0. The lowest BCUT2D eigenvalue weighted by molar-refractivity contribution is 0.225. The zero-order valence-corrected chi connectivity index (χ0v) is 20.0. The summed E-state index contributed by atoms with van der Waals surface area (Å²) in [5.41, 5.74) is 2.13. The number of hydrogen-bond acceptors (Lipinski definition) is 7. The van der Waals surface area contributed by atoms with E-state index in [9.17, 15) is 0 Å². The zero-order valence-electron chi connectivity index (χ0n) is 19.2. The monoisotopic (exact) mass is 467 g/mol. The predicted octanol–water partition coefficient (Wildman–Crippen LogP) is 3.95. The summed E-state index contributed by atoms with van der Waals surface area (Å²) in [4.78, 5) is 16.5. The van der Waals surface area contributed by atoms with Crippen molar-refractivity contribution in [3.8, 4) is 11.5 Å². The number of methoxy groups -OCH3 is 2. The molecule has 1 unspecified atom stereocenters.